The van der Waals surface area contributed by atoms with Crippen LogP contribution in [0.2, 0.25) is 0 Å². The quantitative estimate of drug-likeness (QED) is 0.407. The van der Waals surface area contributed by atoms with Gasteiger partial charge in [-0.3, -0.25) is 4.79 Å². The molecule has 178 valence electrons. The smallest absolute Gasteiger partial charge is 0.416 e. The second-order valence-electron chi connectivity index (χ2n) is 7.36. The Balaban J connectivity index is 1.69. The number of halogens is 3. The highest BCUT2D eigenvalue weighted by Crippen LogP contribution is 2.29. The number of amides is 3. The third-order valence-corrected chi connectivity index (χ3v) is 4.81. The first-order valence-corrected chi connectivity index (χ1v) is 10.6. The van der Waals surface area contributed by atoms with Gasteiger partial charge in [0.15, 0.2) is 0 Å². The van der Waals surface area contributed by atoms with Crippen LogP contribution in [0.1, 0.15) is 18.1 Å². The number of anilines is 2. The van der Waals surface area contributed by atoms with E-state index in [1.165, 1.54) is 12.1 Å². The maximum absolute atomic E-state index is 12.9. The van der Waals surface area contributed by atoms with Crippen molar-refractivity contribution in [2.24, 2.45) is 0 Å². The molecule has 1 atom stereocenters. The normalized spacial score (nSPS) is 11.9. The Labute approximate surface area is 195 Å². The van der Waals surface area contributed by atoms with Crippen LogP contribution >= 0.6 is 0 Å². The zero-order valence-corrected chi connectivity index (χ0v) is 18.4. The van der Waals surface area contributed by atoms with Crippen molar-refractivity contribution in [3.05, 3.63) is 90.0 Å². The van der Waals surface area contributed by atoms with Gasteiger partial charge in [0.25, 0.3) is 0 Å². The van der Waals surface area contributed by atoms with Crippen LogP contribution in [0.25, 0.3) is 0 Å². The molecule has 3 amide bonds. The Morgan fingerprint density at radius 1 is 0.853 bits per heavy atom. The van der Waals surface area contributed by atoms with Crippen LogP contribution in [0.15, 0.2) is 78.9 Å². The lowest BCUT2D eigenvalue weighted by atomic mass is 10.1. The molecule has 0 aromatic heterocycles. The minimum Gasteiger partial charge on any atom is -0.494 e. The van der Waals surface area contributed by atoms with E-state index >= 15 is 0 Å². The van der Waals surface area contributed by atoms with Gasteiger partial charge in [-0.15, -0.1) is 0 Å². The lowest BCUT2D eigenvalue weighted by molar-refractivity contribution is -0.137. The molecule has 6 nitrogen and oxygen atoms in total. The number of rotatable bonds is 8. The number of alkyl halides is 3. The number of hydrogen-bond donors (Lipinski definition) is 3. The molecule has 0 aliphatic carbocycles. The summed E-state index contributed by atoms with van der Waals surface area (Å²) in [7, 11) is 0. The van der Waals surface area contributed by atoms with Crippen LogP contribution < -0.4 is 20.7 Å². The van der Waals surface area contributed by atoms with E-state index in [2.05, 4.69) is 16.0 Å². The van der Waals surface area contributed by atoms with E-state index in [9.17, 15) is 22.8 Å². The molecule has 1 unspecified atom stereocenters. The van der Waals surface area contributed by atoms with E-state index in [0.29, 0.717) is 18.0 Å². The van der Waals surface area contributed by atoms with Gasteiger partial charge in [0.1, 0.15) is 11.8 Å². The molecule has 9 heteroatoms. The molecule has 0 fully saturated rings. The van der Waals surface area contributed by atoms with Crippen LogP contribution in [0.4, 0.5) is 29.3 Å². The molecule has 0 saturated heterocycles. The molecule has 0 aliphatic heterocycles. The highest BCUT2D eigenvalue weighted by molar-refractivity contribution is 5.99. The summed E-state index contributed by atoms with van der Waals surface area (Å²) in [6, 6.07) is 18.3. The zero-order chi connectivity index (χ0) is 24.6. The lowest BCUT2D eigenvalue weighted by Gasteiger charge is -2.19. The maximum Gasteiger partial charge on any atom is 0.416 e. The summed E-state index contributed by atoms with van der Waals surface area (Å²) in [4.78, 5) is 25.5. The Kier molecular flexibility index (Phi) is 8.13. The van der Waals surface area contributed by atoms with Gasteiger partial charge in [-0.2, -0.15) is 13.2 Å². The molecule has 0 aliphatic rings. The number of carbonyl (C=O) groups is 2. The van der Waals surface area contributed by atoms with Crippen molar-refractivity contribution in [1.82, 2.24) is 5.32 Å². The van der Waals surface area contributed by atoms with E-state index in [-0.39, 0.29) is 12.1 Å². The fourth-order valence-electron chi connectivity index (χ4n) is 3.16. The molecule has 3 N–H and O–H groups in total. The van der Waals surface area contributed by atoms with Crippen molar-refractivity contribution in [3.8, 4) is 5.75 Å². The monoisotopic (exact) mass is 471 g/mol. The zero-order valence-electron chi connectivity index (χ0n) is 18.4. The Morgan fingerprint density at radius 2 is 1.44 bits per heavy atom. The molecule has 34 heavy (non-hydrogen) atoms. The highest BCUT2D eigenvalue weighted by Gasteiger charge is 2.30. The second-order valence-corrected chi connectivity index (χ2v) is 7.36. The summed E-state index contributed by atoms with van der Waals surface area (Å²) in [5.74, 6) is 0.0942. The molecule has 0 bridgehead atoms. The molecule has 0 radical (unpaired) electrons. The van der Waals surface area contributed by atoms with Crippen molar-refractivity contribution in [2.75, 3.05) is 17.2 Å². The third-order valence-electron chi connectivity index (χ3n) is 4.81. The van der Waals surface area contributed by atoms with Gasteiger partial charge >= 0.3 is 12.2 Å². The van der Waals surface area contributed by atoms with E-state index in [4.69, 9.17) is 4.74 Å². The van der Waals surface area contributed by atoms with Gasteiger partial charge in [0.2, 0.25) is 5.91 Å². The summed E-state index contributed by atoms with van der Waals surface area (Å²) in [5.41, 5.74) is 0.669. The highest BCUT2D eigenvalue weighted by atomic mass is 19.4. The Bertz CT molecular complexity index is 1090. The average molecular weight is 471 g/mol. The predicted octanol–water partition coefficient (Wildman–Crippen LogP) is 5.48. The van der Waals surface area contributed by atoms with Crippen molar-refractivity contribution in [2.45, 2.75) is 25.6 Å². The van der Waals surface area contributed by atoms with Crippen LogP contribution in [0.3, 0.4) is 0 Å². The molecule has 3 rings (SSSR count). The first kappa shape index (κ1) is 24.6. The summed E-state index contributed by atoms with van der Waals surface area (Å²) in [6.07, 6.45) is -4.29. The first-order chi connectivity index (χ1) is 16.2. The topological polar surface area (TPSA) is 79.5 Å². The molecular formula is C25H24F3N3O3. The number of carbonyl (C=O) groups excluding carboxylic acids is 2. The molecule has 0 saturated carbocycles. The molecule has 0 spiro atoms. The summed E-state index contributed by atoms with van der Waals surface area (Å²) in [6.45, 7) is 2.38. The fraction of sp³-hybridized carbons (Fsp3) is 0.200. The van der Waals surface area contributed by atoms with E-state index < -0.39 is 29.7 Å². The standard InChI is InChI=1S/C25H24F3N3O3/c1-2-34-21-14-12-20(13-15-21)30-24(33)31-22(16-17-6-4-3-5-7-17)23(32)29-19-10-8-18(9-11-19)25(26,27)28/h3-15,22H,2,16H2,1H3,(H,29,32)(H2,30,31,33). The van der Waals surface area contributed by atoms with Gasteiger partial charge in [0.05, 0.1) is 12.2 Å². The van der Waals surface area contributed by atoms with Gasteiger partial charge < -0.3 is 20.7 Å². The number of ether oxygens (including phenoxy) is 1. The van der Waals surface area contributed by atoms with E-state index in [0.717, 1.165) is 17.7 Å². The number of benzene rings is 3. The average Bonchev–Trinajstić information content (AvgIpc) is 2.80. The summed E-state index contributed by atoms with van der Waals surface area (Å²) >= 11 is 0. The minimum atomic E-state index is -4.47. The lowest BCUT2D eigenvalue weighted by Crippen LogP contribution is -2.46. The maximum atomic E-state index is 12.9. The molecule has 3 aromatic carbocycles. The first-order valence-electron chi connectivity index (χ1n) is 10.6. The van der Waals surface area contributed by atoms with Crippen LogP contribution in [-0.4, -0.2) is 24.6 Å². The van der Waals surface area contributed by atoms with Gasteiger partial charge in [-0.25, -0.2) is 4.79 Å². The number of hydrogen-bond acceptors (Lipinski definition) is 3. The number of nitrogens with one attached hydrogen (secondary N) is 3. The summed E-state index contributed by atoms with van der Waals surface area (Å²) in [5, 5.41) is 7.86. The van der Waals surface area contributed by atoms with E-state index in [1.54, 1.807) is 36.4 Å². The van der Waals surface area contributed by atoms with Crippen LogP contribution in [0.5, 0.6) is 5.75 Å². The van der Waals surface area contributed by atoms with Crippen molar-refractivity contribution < 1.29 is 27.5 Å². The SMILES string of the molecule is CCOc1ccc(NC(=O)NC(Cc2ccccc2)C(=O)Nc2ccc(C(F)(F)F)cc2)cc1. The molecule has 3 aromatic rings. The van der Waals surface area contributed by atoms with Gasteiger partial charge in [-0.1, -0.05) is 30.3 Å². The van der Waals surface area contributed by atoms with Gasteiger partial charge in [0, 0.05) is 17.8 Å². The molecular weight excluding hydrogens is 447 g/mol. The van der Waals surface area contributed by atoms with E-state index in [1.807, 2.05) is 25.1 Å². The summed E-state index contributed by atoms with van der Waals surface area (Å²) < 4.78 is 43.7. The van der Waals surface area contributed by atoms with Crippen molar-refractivity contribution in [1.29, 1.82) is 0 Å². The predicted molar refractivity (Wildman–Crippen MR) is 124 cm³/mol. The second kappa shape index (κ2) is 11.2. The van der Waals surface area contributed by atoms with Crippen LogP contribution in [-0.2, 0) is 17.4 Å². The number of urea groups is 1. The Morgan fingerprint density at radius 3 is 2.03 bits per heavy atom. The van der Waals surface area contributed by atoms with Gasteiger partial charge in [-0.05, 0) is 61.0 Å². The Hall–Kier alpha value is -4.01. The van der Waals surface area contributed by atoms with Crippen molar-refractivity contribution >= 4 is 23.3 Å². The van der Waals surface area contributed by atoms with Crippen LogP contribution in [0, 0.1) is 0 Å². The van der Waals surface area contributed by atoms with Crippen molar-refractivity contribution in [3.63, 3.8) is 0 Å². The minimum absolute atomic E-state index is 0.185. The molecule has 0 heterocycles. The third kappa shape index (κ3) is 7.26. The largest absolute Gasteiger partial charge is 0.494 e. The fourth-order valence-corrected chi connectivity index (χ4v) is 3.16.